The number of nitrogens with zero attached hydrogens (tertiary/aromatic N) is 1. The fourth-order valence-electron chi connectivity index (χ4n) is 2.38. The molecule has 1 amide bonds. The van der Waals surface area contributed by atoms with E-state index in [4.69, 9.17) is 5.73 Å². The summed E-state index contributed by atoms with van der Waals surface area (Å²) in [5, 5.41) is 9.23. The van der Waals surface area contributed by atoms with Gasteiger partial charge in [-0.25, -0.2) is 0 Å². The number of amides is 1. The van der Waals surface area contributed by atoms with E-state index >= 15 is 0 Å². The molecule has 1 saturated heterocycles. The Morgan fingerprint density at radius 3 is 2.44 bits per heavy atom. The number of aromatic hydroxyl groups is 1. The van der Waals surface area contributed by atoms with Crippen LogP contribution in [-0.4, -0.2) is 35.5 Å². The van der Waals surface area contributed by atoms with Crippen LogP contribution in [0.1, 0.15) is 18.4 Å². The highest BCUT2D eigenvalue weighted by atomic mass is 16.3. The summed E-state index contributed by atoms with van der Waals surface area (Å²) in [6.45, 7) is 2.10. The first-order valence-electron chi connectivity index (χ1n) is 6.47. The van der Waals surface area contributed by atoms with Crippen LogP contribution < -0.4 is 5.73 Å². The molecule has 0 spiro atoms. The molecule has 2 rings (SSSR count). The summed E-state index contributed by atoms with van der Waals surface area (Å²) in [5.41, 5.74) is 6.76. The number of phenolic OH excluding ortho intramolecular Hbond substituents is 1. The van der Waals surface area contributed by atoms with Crippen molar-refractivity contribution in [2.75, 3.05) is 19.6 Å². The van der Waals surface area contributed by atoms with Gasteiger partial charge in [0.1, 0.15) is 5.75 Å². The molecule has 1 aliphatic rings. The predicted octanol–water partition coefficient (Wildman–Crippen LogP) is 1.13. The fourth-order valence-corrected chi connectivity index (χ4v) is 2.38. The van der Waals surface area contributed by atoms with Crippen LogP contribution >= 0.6 is 0 Å². The van der Waals surface area contributed by atoms with Crippen LogP contribution in [-0.2, 0) is 11.2 Å². The lowest BCUT2D eigenvalue weighted by Gasteiger charge is -2.22. The minimum Gasteiger partial charge on any atom is -0.508 e. The largest absolute Gasteiger partial charge is 0.508 e. The van der Waals surface area contributed by atoms with Gasteiger partial charge in [-0.3, -0.25) is 4.79 Å². The molecule has 1 aromatic rings. The second-order valence-corrected chi connectivity index (χ2v) is 4.84. The quantitative estimate of drug-likeness (QED) is 0.839. The third kappa shape index (κ3) is 3.01. The molecule has 0 radical (unpaired) electrons. The highest BCUT2D eigenvalue weighted by Crippen LogP contribution is 2.17. The van der Waals surface area contributed by atoms with Crippen molar-refractivity contribution in [2.24, 2.45) is 11.7 Å². The van der Waals surface area contributed by atoms with Gasteiger partial charge >= 0.3 is 0 Å². The van der Waals surface area contributed by atoms with Crippen LogP contribution in [0.3, 0.4) is 0 Å². The molecule has 18 heavy (non-hydrogen) atoms. The first-order valence-corrected chi connectivity index (χ1v) is 6.47. The molecule has 1 unspecified atom stereocenters. The van der Waals surface area contributed by atoms with Crippen molar-refractivity contribution in [3.63, 3.8) is 0 Å². The Kier molecular flexibility index (Phi) is 4.20. The van der Waals surface area contributed by atoms with Gasteiger partial charge in [-0.05, 0) is 37.0 Å². The van der Waals surface area contributed by atoms with E-state index in [2.05, 4.69) is 0 Å². The van der Waals surface area contributed by atoms with Crippen molar-refractivity contribution in [1.82, 2.24) is 4.90 Å². The maximum atomic E-state index is 12.2. The Hall–Kier alpha value is -1.55. The van der Waals surface area contributed by atoms with E-state index in [1.54, 1.807) is 12.1 Å². The van der Waals surface area contributed by atoms with Gasteiger partial charge in [0.25, 0.3) is 0 Å². The Bertz CT molecular complexity index is 397. The van der Waals surface area contributed by atoms with Crippen molar-refractivity contribution >= 4 is 5.91 Å². The lowest BCUT2D eigenvalue weighted by molar-refractivity contribution is -0.134. The molecule has 1 atom stereocenters. The van der Waals surface area contributed by atoms with Crippen LogP contribution in [0, 0.1) is 5.92 Å². The summed E-state index contributed by atoms with van der Waals surface area (Å²) in [4.78, 5) is 14.2. The van der Waals surface area contributed by atoms with Gasteiger partial charge in [0.2, 0.25) is 5.91 Å². The molecular weight excluding hydrogens is 228 g/mol. The van der Waals surface area contributed by atoms with Crippen LogP contribution in [0.2, 0.25) is 0 Å². The number of carbonyl (C=O) groups excluding carboxylic acids is 1. The summed E-state index contributed by atoms with van der Waals surface area (Å²) in [6, 6.07) is 6.97. The molecule has 0 bridgehead atoms. The van der Waals surface area contributed by atoms with Crippen molar-refractivity contribution in [3.05, 3.63) is 29.8 Å². The second kappa shape index (κ2) is 5.87. The van der Waals surface area contributed by atoms with E-state index in [0.29, 0.717) is 13.0 Å². The molecule has 1 aliphatic heterocycles. The monoisotopic (exact) mass is 248 g/mol. The first kappa shape index (κ1) is 12.9. The van der Waals surface area contributed by atoms with Crippen molar-refractivity contribution < 1.29 is 9.90 Å². The average molecular weight is 248 g/mol. The molecular formula is C14H20N2O2. The number of hydrogen-bond donors (Lipinski definition) is 2. The second-order valence-electron chi connectivity index (χ2n) is 4.84. The zero-order chi connectivity index (χ0) is 13.0. The van der Waals surface area contributed by atoms with Crippen LogP contribution in [0.4, 0.5) is 0 Å². The summed E-state index contributed by atoms with van der Waals surface area (Å²) < 4.78 is 0. The topological polar surface area (TPSA) is 66.6 Å². The molecule has 0 aromatic heterocycles. The number of nitrogens with two attached hydrogens (primary N) is 1. The number of phenols is 1. The Labute approximate surface area is 107 Å². The number of hydrogen-bond acceptors (Lipinski definition) is 3. The summed E-state index contributed by atoms with van der Waals surface area (Å²) in [7, 11) is 0. The van der Waals surface area contributed by atoms with Gasteiger partial charge in [-0.2, -0.15) is 0 Å². The Morgan fingerprint density at radius 1 is 1.28 bits per heavy atom. The van der Waals surface area contributed by atoms with Crippen LogP contribution in [0.25, 0.3) is 0 Å². The van der Waals surface area contributed by atoms with E-state index < -0.39 is 0 Å². The molecule has 1 heterocycles. The highest BCUT2D eigenvalue weighted by Gasteiger charge is 2.25. The third-order valence-corrected chi connectivity index (χ3v) is 3.47. The first-order chi connectivity index (χ1) is 8.70. The SMILES string of the molecule is NCC(Cc1ccc(O)cc1)C(=O)N1CCCC1. The molecule has 1 fully saturated rings. The third-order valence-electron chi connectivity index (χ3n) is 3.47. The molecule has 0 aliphatic carbocycles. The molecule has 4 nitrogen and oxygen atoms in total. The molecule has 3 N–H and O–H groups in total. The number of benzene rings is 1. The van der Waals surface area contributed by atoms with Crippen molar-refractivity contribution in [2.45, 2.75) is 19.3 Å². The Balaban J connectivity index is 2.00. The molecule has 4 heteroatoms. The number of likely N-dealkylation sites (tertiary alicyclic amines) is 1. The minimum atomic E-state index is -0.146. The summed E-state index contributed by atoms with van der Waals surface area (Å²) in [6.07, 6.45) is 2.84. The van der Waals surface area contributed by atoms with Gasteiger partial charge in [-0.1, -0.05) is 12.1 Å². The van der Waals surface area contributed by atoms with E-state index in [-0.39, 0.29) is 17.6 Å². The Morgan fingerprint density at radius 2 is 1.89 bits per heavy atom. The van der Waals surface area contributed by atoms with E-state index in [1.807, 2.05) is 17.0 Å². The van der Waals surface area contributed by atoms with Gasteiger partial charge in [0, 0.05) is 19.6 Å². The van der Waals surface area contributed by atoms with Gasteiger partial charge in [0.05, 0.1) is 5.92 Å². The van der Waals surface area contributed by atoms with E-state index in [1.165, 1.54) is 0 Å². The van der Waals surface area contributed by atoms with Crippen LogP contribution in [0.5, 0.6) is 5.75 Å². The maximum absolute atomic E-state index is 12.2. The van der Waals surface area contributed by atoms with Crippen molar-refractivity contribution in [3.8, 4) is 5.75 Å². The normalized spacial score (nSPS) is 16.8. The molecule has 1 aromatic carbocycles. The lowest BCUT2D eigenvalue weighted by atomic mass is 9.98. The number of rotatable bonds is 4. The smallest absolute Gasteiger partial charge is 0.227 e. The van der Waals surface area contributed by atoms with Crippen LogP contribution in [0.15, 0.2) is 24.3 Å². The summed E-state index contributed by atoms with van der Waals surface area (Å²) >= 11 is 0. The standard InChI is InChI=1S/C14H20N2O2/c15-10-12(14(18)16-7-1-2-8-16)9-11-3-5-13(17)6-4-11/h3-6,12,17H,1-2,7-10,15H2. The predicted molar refractivity (Wildman–Crippen MR) is 70.2 cm³/mol. The minimum absolute atomic E-state index is 0.146. The zero-order valence-corrected chi connectivity index (χ0v) is 10.5. The van der Waals surface area contributed by atoms with Gasteiger partial charge < -0.3 is 15.7 Å². The average Bonchev–Trinajstić information content (AvgIpc) is 2.91. The highest BCUT2D eigenvalue weighted by molar-refractivity contribution is 5.79. The fraction of sp³-hybridized carbons (Fsp3) is 0.500. The van der Waals surface area contributed by atoms with E-state index in [9.17, 15) is 9.90 Å². The maximum Gasteiger partial charge on any atom is 0.227 e. The number of carbonyl (C=O) groups is 1. The lowest BCUT2D eigenvalue weighted by Crippen LogP contribution is -2.38. The summed E-state index contributed by atoms with van der Waals surface area (Å²) in [5.74, 6) is 0.268. The van der Waals surface area contributed by atoms with Gasteiger partial charge in [-0.15, -0.1) is 0 Å². The van der Waals surface area contributed by atoms with Gasteiger partial charge in [0.15, 0.2) is 0 Å². The molecule has 0 saturated carbocycles. The van der Waals surface area contributed by atoms with Crippen molar-refractivity contribution in [1.29, 1.82) is 0 Å². The van der Waals surface area contributed by atoms with E-state index in [0.717, 1.165) is 31.5 Å². The zero-order valence-electron chi connectivity index (χ0n) is 10.5. The molecule has 98 valence electrons.